The molecule has 1 fully saturated rings. The van der Waals surface area contributed by atoms with Gasteiger partial charge in [0.2, 0.25) is 0 Å². The molecule has 0 aromatic carbocycles. The van der Waals surface area contributed by atoms with Gasteiger partial charge in [0.25, 0.3) is 5.91 Å². The number of aliphatic carboxylic acids is 1. The van der Waals surface area contributed by atoms with Crippen LogP contribution in [-0.4, -0.2) is 51.2 Å². The number of likely N-dealkylation sites (tertiary alicyclic amines) is 1. The summed E-state index contributed by atoms with van der Waals surface area (Å²) in [5.74, 6) is -1.27. The summed E-state index contributed by atoms with van der Waals surface area (Å²) in [5, 5.41) is 22.5. The third-order valence-electron chi connectivity index (χ3n) is 4.43. The second-order valence-electron chi connectivity index (χ2n) is 6.12. The normalized spacial score (nSPS) is 24.7. The van der Waals surface area contributed by atoms with E-state index in [0.717, 1.165) is 17.8 Å². The van der Waals surface area contributed by atoms with Crippen LogP contribution in [0.25, 0.3) is 0 Å². The fourth-order valence-corrected chi connectivity index (χ4v) is 4.04. The number of rotatable bonds is 6. The summed E-state index contributed by atoms with van der Waals surface area (Å²) in [7, 11) is 0. The molecule has 1 saturated heterocycles. The van der Waals surface area contributed by atoms with Gasteiger partial charge in [0.05, 0.1) is 11.1 Å². The Morgan fingerprint density at radius 2 is 2.17 bits per heavy atom. The molecule has 0 spiro atoms. The predicted octanol–water partition coefficient (Wildman–Crippen LogP) is 2.17. The zero-order chi connectivity index (χ0) is 17.0. The number of carbonyl (C=O) groups is 2. The second-order valence-corrected chi connectivity index (χ2v) is 7.06. The topological polar surface area (TPSA) is 90.7 Å². The molecular formula is C16H24N2O4S. The molecule has 2 N–H and O–H groups in total. The Kier molecular flexibility index (Phi) is 5.75. The molecule has 0 radical (unpaired) electrons. The number of amides is 1. The van der Waals surface area contributed by atoms with E-state index in [1.165, 1.54) is 16.2 Å². The number of carbonyl (C=O) groups excluding carboxylic acids is 1. The highest BCUT2D eigenvalue weighted by molar-refractivity contribution is 7.09. The quantitative estimate of drug-likeness (QED) is 0.828. The third kappa shape index (κ3) is 3.55. The first kappa shape index (κ1) is 17.9. The summed E-state index contributed by atoms with van der Waals surface area (Å²) in [5.41, 5.74) is -0.893. The van der Waals surface area contributed by atoms with E-state index in [2.05, 4.69) is 11.9 Å². The number of hydrogen-bond donors (Lipinski definition) is 2. The van der Waals surface area contributed by atoms with Gasteiger partial charge in [0.15, 0.2) is 0 Å². The van der Waals surface area contributed by atoms with Crippen LogP contribution in [0.5, 0.6) is 0 Å². The molecular weight excluding hydrogens is 316 g/mol. The highest BCUT2D eigenvalue weighted by Crippen LogP contribution is 2.36. The molecule has 2 atom stereocenters. The van der Waals surface area contributed by atoms with Crippen LogP contribution in [-0.2, 0) is 11.2 Å². The number of thiazole rings is 1. The van der Waals surface area contributed by atoms with Crippen molar-refractivity contribution in [2.45, 2.75) is 52.1 Å². The van der Waals surface area contributed by atoms with E-state index < -0.39 is 17.5 Å². The molecule has 1 aromatic heterocycles. The lowest BCUT2D eigenvalue weighted by Crippen LogP contribution is -2.57. The maximum Gasteiger partial charge on any atom is 0.314 e. The maximum atomic E-state index is 12.6. The Labute approximate surface area is 140 Å². The minimum Gasteiger partial charge on any atom is -0.481 e. The van der Waals surface area contributed by atoms with Crippen molar-refractivity contribution in [3.05, 3.63) is 16.1 Å². The van der Waals surface area contributed by atoms with Crippen LogP contribution in [0.3, 0.4) is 0 Å². The van der Waals surface area contributed by atoms with Gasteiger partial charge >= 0.3 is 5.97 Å². The molecule has 1 aliphatic rings. The Bertz CT molecular complexity index is 574. The van der Waals surface area contributed by atoms with Gasteiger partial charge in [0, 0.05) is 18.5 Å². The van der Waals surface area contributed by atoms with E-state index in [1.807, 2.05) is 6.92 Å². The molecule has 1 aromatic rings. The third-order valence-corrected chi connectivity index (χ3v) is 5.34. The molecule has 2 rings (SSSR count). The lowest BCUT2D eigenvalue weighted by molar-refractivity contribution is -0.162. The van der Waals surface area contributed by atoms with Crippen molar-refractivity contribution in [1.29, 1.82) is 0 Å². The molecule has 128 valence electrons. The van der Waals surface area contributed by atoms with Crippen molar-refractivity contribution in [2.24, 2.45) is 5.41 Å². The summed E-state index contributed by atoms with van der Waals surface area (Å²) < 4.78 is 0. The smallest absolute Gasteiger partial charge is 0.314 e. The molecule has 1 aliphatic heterocycles. The lowest BCUT2D eigenvalue weighted by Gasteiger charge is -2.43. The zero-order valence-corrected chi connectivity index (χ0v) is 14.4. The van der Waals surface area contributed by atoms with Crippen LogP contribution in [0.4, 0.5) is 0 Å². The fourth-order valence-electron chi connectivity index (χ4n) is 3.16. The Morgan fingerprint density at radius 1 is 1.43 bits per heavy atom. The van der Waals surface area contributed by atoms with Crippen LogP contribution in [0.15, 0.2) is 5.38 Å². The van der Waals surface area contributed by atoms with E-state index in [1.54, 1.807) is 5.38 Å². The van der Waals surface area contributed by atoms with Crippen molar-refractivity contribution >= 4 is 23.2 Å². The first-order valence-corrected chi connectivity index (χ1v) is 8.97. The SMILES string of the molecule is CCCc1nc(C(=O)N2CC[C@@H](O)[C@](CCC)(C(=O)O)C2)cs1. The first-order valence-electron chi connectivity index (χ1n) is 8.09. The number of aliphatic hydroxyl groups is 1. The van der Waals surface area contributed by atoms with Crippen LogP contribution in [0.1, 0.15) is 55.0 Å². The molecule has 6 nitrogen and oxygen atoms in total. The number of aliphatic hydroxyl groups excluding tert-OH is 1. The number of aromatic nitrogens is 1. The molecule has 23 heavy (non-hydrogen) atoms. The largest absolute Gasteiger partial charge is 0.481 e. The van der Waals surface area contributed by atoms with Crippen molar-refractivity contribution in [3.63, 3.8) is 0 Å². The number of carboxylic acids is 1. The second kappa shape index (κ2) is 7.40. The number of hydrogen-bond acceptors (Lipinski definition) is 5. The van der Waals surface area contributed by atoms with E-state index in [-0.39, 0.29) is 18.9 Å². The van der Waals surface area contributed by atoms with Gasteiger partial charge in [-0.05, 0) is 25.7 Å². The van der Waals surface area contributed by atoms with Crippen LogP contribution in [0.2, 0.25) is 0 Å². The Hall–Kier alpha value is -1.47. The Balaban J connectivity index is 2.19. The summed E-state index contributed by atoms with van der Waals surface area (Å²) in [6.07, 6.45) is 2.16. The molecule has 1 amide bonds. The van der Waals surface area contributed by atoms with E-state index >= 15 is 0 Å². The number of piperidine rings is 1. The molecule has 0 saturated carbocycles. The van der Waals surface area contributed by atoms with Gasteiger partial charge in [0.1, 0.15) is 11.1 Å². The van der Waals surface area contributed by atoms with Crippen molar-refractivity contribution in [3.8, 4) is 0 Å². The van der Waals surface area contributed by atoms with Crippen LogP contribution >= 0.6 is 11.3 Å². The fraction of sp³-hybridized carbons (Fsp3) is 0.688. The van der Waals surface area contributed by atoms with Gasteiger partial charge in [-0.3, -0.25) is 9.59 Å². The average Bonchev–Trinajstić information content (AvgIpc) is 2.98. The summed E-state index contributed by atoms with van der Waals surface area (Å²) in [6, 6.07) is 0. The predicted molar refractivity (Wildman–Crippen MR) is 87.6 cm³/mol. The van der Waals surface area contributed by atoms with E-state index in [0.29, 0.717) is 25.1 Å². The molecule has 0 aliphatic carbocycles. The van der Waals surface area contributed by atoms with Gasteiger partial charge < -0.3 is 15.1 Å². The van der Waals surface area contributed by atoms with E-state index in [4.69, 9.17) is 0 Å². The van der Waals surface area contributed by atoms with E-state index in [9.17, 15) is 19.8 Å². The minimum absolute atomic E-state index is 0.0385. The van der Waals surface area contributed by atoms with Crippen LogP contribution < -0.4 is 0 Å². The van der Waals surface area contributed by atoms with Crippen LogP contribution in [0, 0.1) is 5.41 Å². The van der Waals surface area contributed by atoms with Gasteiger partial charge in [-0.2, -0.15) is 0 Å². The minimum atomic E-state index is -1.27. The van der Waals surface area contributed by atoms with Gasteiger partial charge in [-0.25, -0.2) is 4.98 Å². The number of aryl methyl sites for hydroxylation is 1. The molecule has 0 bridgehead atoms. The summed E-state index contributed by atoms with van der Waals surface area (Å²) in [4.78, 5) is 30.3. The highest BCUT2D eigenvalue weighted by atomic mass is 32.1. The van der Waals surface area contributed by atoms with Crippen molar-refractivity contribution in [2.75, 3.05) is 13.1 Å². The van der Waals surface area contributed by atoms with Gasteiger partial charge in [-0.1, -0.05) is 20.3 Å². The maximum absolute atomic E-state index is 12.6. The van der Waals surface area contributed by atoms with Crippen molar-refractivity contribution < 1.29 is 19.8 Å². The highest BCUT2D eigenvalue weighted by Gasteiger charge is 2.49. The van der Waals surface area contributed by atoms with Crippen molar-refractivity contribution in [1.82, 2.24) is 9.88 Å². The first-order chi connectivity index (χ1) is 10.9. The lowest BCUT2D eigenvalue weighted by atomic mass is 9.74. The monoisotopic (exact) mass is 340 g/mol. The standard InChI is InChI=1S/C16H24N2O4S/c1-3-5-13-17-11(9-23-13)14(20)18-8-6-12(19)16(10-18,7-4-2)15(21)22/h9,12,19H,3-8,10H2,1-2H3,(H,21,22)/t12-,16-/m1/s1. The molecule has 2 heterocycles. The summed E-state index contributed by atoms with van der Waals surface area (Å²) in [6.45, 7) is 4.34. The summed E-state index contributed by atoms with van der Waals surface area (Å²) >= 11 is 1.46. The number of carboxylic acid groups (broad SMARTS) is 1. The number of nitrogens with zero attached hydrogens (tertiary/aromatic N) is 2. The zero-order valence-electron chi connectivity index (χ0n) is 13.6. The molecule has 0 unspecified atom stereocenters. The van der Waals surface area contributed by atoms with Gasteiger partial charge in [-0.15, -0.1) is 11.3 Å². The average molecular weight is 340 g/mol. The Morgan fingerprint density at radius 3 is 2.78 bits per heavy atom. The molecule has 7 heteroatoms.